The van der Waals surface area contributed by atoms with E-state index in [9.17, 15) is 9.59 Å². The Labute approximate surface area is 188 Å². The quantitative estimate of drug-likeness (QED) is 0.436. The van der Waals surface area contributed by atoms with E-state index in [1.165, 1.54) is 58.8 Å². The van der Waals surface area contributed by atoms with Gasteiger partial charge in [0.05, 0.1) is 6.61 Å². The maximum Gasteiger partial charge on any atom is 0.302 e. The highest BCUT2D eigenvalue weighted by Crippen LogP contribution is 2.51. The number of esters is 2. The summed E-state index contributed by atoms with van der Waals surface area (Å²) in [5.74, 6) is 1.63. The fourth-order valence-electron chi connectivity index (χ4n) is 6.74. The van der Waals surface area contributed by atoms with Crippen LogP contribution in [0.25, 0.3) is 0 Å². The number of nitrogens with zero attached hydrogens (tertiary/aromatic N) is 1. The Balaban J connectivity index is 1.88. The number of piperidine rings is 1. The minimum absolute atomic E-state index is 0.182. The number of ether oxygens (including phenoxy) is 2. The number of carbonyl (C=O) groups excluding carboxylic acids is 2. The molecule has 8 atom stereocenters. The lowest BCUT2D eigenvalue weighted by Crippen LogP contribution is -2.48. The van der Waals surface area contributed by atoms with E-state index in [1.54, 1.807) is 0 Å². The molecular weight excluding hydrogens is 390 g/mol. The second kappa shape index (κ2) is 11.0. The van der Waals surface area contributed by atoms with E-state index in [0.717, 1.165) is 6.42 Å². The summed E-state index contributed by atoms with van der Waals surface area (Å²) in [4.78, 5) is 25.9. The van der Waals surface area contributed by atoms with E-state index >= 15 is 0 Å². The predicted octanol–water partition coefficient (Wildman–Crippen LogP) is 4.99. The zero-order valence-corrected chi connectivity index (χ0v) is 20.2. The predicted molar refractivity (Wildman–Crippen MR) is 122 cm³/mol. The van der Waals surface area contributed by atoms with E-state index in [1.807, 2.05) is 6.92 Å². The molecule has 3 rings (SSSR count). The van der Waals surface area contributed by atoms with Crippen molar-refractivity contribution >= 4 is 11.9 Å². The fraction of sp³-hybridized carbons (Fsp3) is 0.846. The van der Waals surface area contributed by atoms with Crippen LogP contribution in [0.1, 0.15) is 79.1 Å². The van der Waals surface area contributed by atoms with Gasteiger partial charge in [0.1, 0.15) is 6.10 Å². The topological polar surface area (TPSA) is 55.8 Å². The highest BCUT2D eigenvalue weighted by Gasteiger charge is 2.47. The molecular formula is C26H43NO4. The van der Waals surface area contributed by atoms with Gasteiger partial charge in [-0.1, -0.05) is 37.8 Å². The molecule has 2 saturated carbocycles. The van der Waals surface area contributed by atoms with Gasteiger partial charge in [-0.05, 0) is 64.3 Å². The lowest BCUT2D eigenvalue weighted by molar-refractivity contribution is -0.158. The van der Waals surface area contributed by atoms with Crippen molar-refractivity contribution in [3.8, 4) is 0 Å². The zero-order chi connectivity index (χ0) is 22.5. The lowest BCUT2D eigenvalue weighted by atomic mass is 9.56. The summed E-state index contributed by atoms with van der Waals surface area (Å²) in [5.41, 5.74) is 0. The number of fused-ring (bicyclic) bond motifs is 1. The first-order valence-electron chi connectivity index (χ1n) is 12.5. The van der Waals surface area contributed by atoms with Crippen molar-refractivity contribution in [1.82, 2.24) is 4.90 Å². The van der Waals surface area contributed by atoms with E-state index < -0.39 is 0 Å². The Hall–Kier alpha value is -1.36. The first kappa shape index (κ1) is 24.3. The van der Waals surface area contributed by atoms with Crippen molar-refractivity contribution in [2.24, 2.45) is 29.6 Å². The highest BCUT2D eigenvalue weighted by molar-refractivity contribution is 5.66. The molecule has 0 N–H and O–H groups in total. The van der Waals surface area contributed by atoms with Gasteiger partial charge in [-0.15, -0.1) is 0 Å². The summed E-state index contributed by atoms with van der Waals surface area (Å²) >= 11 is 0. The van der Waals surface area contributed by atoms with E-state index in [0.29, 0.717) is 36.4 Å². The van der Waals surface area contributed by atoms with Gasteiger partial charge in [-0.3, -0.25) is 14.5 Å². The molecule has 176 valence electrons. The third kappa shape index (κ3) is 6.12. The minimum Gasteiger partial charge on any atom is -0.466 e. The molecule has 1 aliphatic heterocycles. The number of carbonyl (C=O) groups is 2. The zero-order valence-electron chi connectivity index (χ0n) is 20.2. The Morgan fingerprint density at radius 3 is 2.48 bits per heavy atom. The monoisotopic (exact) mass is 433 g/mol. The fourth-order valence-corrected chi connectivity index (χ4v) is 6.74. The molecule has 0 aromatic rings. The van der Waals surface area contributed by atoms with Crippen LogP contribution in [0.15, 0.2) is 12.2 Å². The Kier molecular flexibility index (Phi) is 8.60. The van der Waals surface area contributed by atoms with Crippen LogP contribution in [0, 0.1) is 29.6 Å². The smallest absolute Gasteiger partial charge is 0.302 e. The molecule has 0 aromatic heterocycles. The van der Waals surface area contributed by atoms with Crippen molar-refractivity contribution < 1.29 is 19.1 Å². The van der Waals surface area contributed by atoms with Crippen molar-refractivity contribution in [2.45, 2.75) is 97.2 Å². The molecule has 1 heterocycles. The highest BCUT2D eigenvalue weighted by atomic mass is 16.5. The third-order valence-electron chi connectivity index (χ3n) is 8.35. The lowest BCUT2D eigenvalue weighted by Gasteiger charge is -2.50. The van der Waals surface area contributed by atoms with Crippen molar-refractivity contribution in [1.29, 1.82) is 0 Å². The number of allylic oxidation sites excluding steroid dienone is 1. The van der Waals surface area contributed by atoms with Gasteiger partial charge in [0.25, 0.3) is 0 Å². The van der Waals surface area contributed by atoms with E-state index in [-0.39, 0.29) is 29.9 Å². The van der Waals surface area contributed by atoms with Crippen molar-refractivity contribution in [3.63, 3.8) is 0 Å². The van der Waals surface area contributed by atoms with Crippen LogP contribution in [-0.4, -0.2) is 48.7 Å². The van der Waals surface area contributed by atoms with Crippen LogP contribution in [0.5, 0.6) is 0 Å². The standard InChI is InChI=1S/C26H43NO4/c1-17-9-8-11-23(27(17)5)13-14-25-24-12-7-6-10-21(24)15-22(16-30-19(3)28)26(25)18(2)31-20(4)29/h13-14,17-18,21-26H,6-12,15-16H2,1-5H3/b14-13+/t17-,18-,21+,22+,23+,24-,25+,26-/m0/s1. The summed E-state index contributed by atoms with van der Waals surface area (Å²) in [6.45, 7) is 7.75. The van der Waals surface area contributed by atoms with Crippen LogP contribution < -0.4 is 0 Å². The Morgan fingerprint density at radius 1 is 1.03 bits per heavy atom. The van der Waals surface area contributed by atoms with Gasteiger partial charge in [-0.25, -0.2) is 0 Å². The van der Waals surface area contributed by atoms with Gasteiger partial charge in [0.15, 0.2) is 0 Å². The SMILES string of the molecule is CC(=O)OC[C@H]1C[C@H]2CCCC[C@@H]2[C@@H](/C=C/[C@H]2CCC[C@H](C)N2C)[C@H]1[C@H](C)OC(C)=O. The molecule has 1 saturated heterocycles. The first-order valence-corrected chi connectivity index (χ1v) is 12.5. The van der Waals surface area contributed by atoms with E-state index in [2.05, 4.69) is 31.0 Å². The first-order chi connectivity index (χ1) is 14.8. The van der Waals surface area contributed by atoms with Crippen LogP contribution in [0.3, 0.4) is 0 Å². The van der Waals surface area contributed by atoms with Gasteiger partial charge in [0, 0.05) is 37.8 Å². The number of likely N-dealkylation sites (N-methyl/N-ethyl adjacent to an activating group) is 1. The molecule has 0 bridgehead atoms. The summed E-state index contributed by atoms with van der Waals surface area (Å²) < 4.78 is 11.3. The average Bonchev–Trinajstić information content (AvgIpc) is 2.72. The molecule has 3 fully saturated rings. The van der Waals surface area contributed by atoms with Crippen molar-refractivity contribution in [3.05, 3.63) is 12.2 Å². The molecule has 31 heavy (non-hydrogen) atoms. The maximum atomic E-state index is 11.8. The van der Waals surface area contributed by atoms with E-state index in [4.69, 9.17) is 9.47 Å². The molecule has 5 nitrogen and oxygen atoms in total. The molecule has 0 unspecified atom stereocenters. The number of hydrogen-bond donors (Lipinski definition) is 0. The number of rotatable bonds is 6. The molecule has 0 spiro atoms. The molecule has 5 heteroatoms. The summed E-state index contributed by atoms with van der Waals surface area (Å²) in [5, 5.41) is 0. The van der Waals surface area contributed by atoms with Crippen LogP contribution in [-0.2, 0) is 19.1 Å². The Morgan fingerprint density at radius 2 is 1.77 bits per heavy atom. The summed E-state index contributed by atoms with van der Waals surface area (Å²) in [7, 11) is 2.24. The van der Waals surface area contributed by atoms with Gasteiger partial charge in [-0.2, -0.15) is 0 Å². The van der Waals surface area contributed by atoms with Gasteiger partial charge >= 0.3 is 11.9 Å². The molecule has 3 aliphatic rings. The van der Waals surface area contributed by atoms with Crippen LogP contribution >= 0.6 is 0 Å². The molecule has 0 radical (unpaired) electrons. The average molecular weight is 434 g/mol. The largest absolute Gasteiger partial charge is 0.466 e. The maximum absolute atomic E-state index is 11.8. The molecule has 2 aliphatic carbocycles. The summed E-state index contributed by atoms with van der Waals surface area (Å²) in [6.07, 6.45) is 14.6. The number of likely N-dealkylation sites (tertiary alicyclic amines) is 1. The third-order valence-corrected chi connectivity index (χ3v) is 8.35. The second-order valence-electron chi connectivity index (χ2n) is 10.4. The minimum atomic E-state index is -0.229. The Bertz CT molecular complexity index is 647. The molecule has 0 aromatic carbocycles. The van der Waals surface area contributed by atoms with Gasteiger partial charge in [0.2, 0.25) is 0 Å². The molecule has 0 amide bonds. The van der Waals surface area contributed by atoms with Crippen molar-refractivity contribution in [2.75, 3.05) is 13.7 Å². The normalized spacial score (nSPS) is 37.8. The van der Waals surface area contributed by atoms with Crippen LogP contribution in [0.2, 0.25) is 0 Å². The summed E-state index contributed by atoms with van der Waals surface area (Å²) in [6, 6.07) is 1.09. The van der Waals surface area contributed by atoms with Gasteiger partial charge < -0.3 is 9.47 Å². The number of hydrogen-bond acceptors (Lipinski definition) is 5. The van der Waals surface area contributed by atoms with Crippen LogP contribution in [0.4, 0.5) is 0 Å². The second-order valence-corrected chi connectivity index (χ2v) is 10.4.